The number of nitrogens with one attached hydrogen (secondary N) is 1. The summed E-state index contributed by atoms with van der Waals surface area (Å²) in [5.41, 5.74) is 0. The maximum atomic E-state index is 5.86. The first-order chi connectivity index (χ1) is 8.22. The second kappa shape index (κ2) is 8.84. The summed E-state index contributed by atoms with van der Waals surface area (Å²) >= 11 is 7.75. The molecule has 96 valence electrons. The van der Waals surface area contributed by atoms with Crippen LogP contribution in [0.1, 0.15) is 33.1 Å². The Bertz CT molecular complexity index is 300. The molecule has 0 aliphatic heterocycles. The standard InChI is InChI=1S/C14H22ClNS/c1-3-4-5-10-16-11-12(2)17-14-8-6-13(15)7-9-14/h6-9,12,16H,3-5,10-11H2,1-2H3. The highest BCUT2D eigenvalue weighted by molar-refractivity contribution is 8.00. The number of halogens is 1. The molecule has 0 amide bonds. The number of benzene rings is 1. The lowest BCUT2D eigenvalue weighted by molar-refractivity contribution is 0.616. The fourth-order valence-electron chi connectivity index (χ4n) is 1.59. The van der Waals surface area contributed by atoms with E-state index in [9.17, 15) is 0 Å². The van der Waals surface area contributed by atoms with E-state index in [0.717, 1.165) is 18.1 Å². The highest BCUT2D eigenvalue weighted by Gasteiger charge is 2.03. The average molecular weight is 272 g/mol. The Kier molecular flexibility index (Phi) is 7.74. The first kappa shape index (κ1) is 14.9. The summed E-state index contributed by atoms with van der Waals surface area (Å²) in [4.78, 5) is 1.29. The zero-order valence-electron chi connectivity index (χ0n) is 10.7. The van der Waals surface area contributed by atoms with Crippen molar-refractivity contribution in [3.63, 3.8) is 0 Å². The predicted octanol–water partition coefficient (Wildman–Crippen LogP) is 4.60. The maximum absolute atomic E-state index is 5.86. The van der Waals surface area contributed by atoms with Crippen molar-refractivity contribution >= 4 is 23.4 Å². The molecule has 3 heteroatoms. The third-order valence-corrected chi connectivity index (χ3v) is 3.91. The Balaban J connectivity index is 2.16. The van der Waals surface area contributed by atoms with Crippen LogP contribution in [0.4, 0.5) is 0 Å². The normalized spacial score (nSPS) is 12.6. The van der Waals surface area contributed by atoms with Gasteiger partial charge in [0.2, 0.25) is 0 Å². The van der Waals surface area contributed by atoms with Gasteiger partial charge in [0.25, 0.3) is 0 Å². The van der Waals surface area contributed by atoms with Gasteiger partial charge in [-0.1, -0.05) is 38.3 Å². The number of thioether (sulfide) groups is 1. The molecule has 0 spiro atoms. The minimum absolute atomic E-state index is 0.595. The number of unbranched alkanes of at least 4 members (excludes halogenated alkanes) is 2. The van der Waals surface area contributed by atoms with Gasteiger partial charge in [-0.2, -0.15) is 0 Å². The zero-order valence-corrected chi connectivity index (χ0v) is 12.3. The van der Waals surface area contributed by atoms with Crippen molar-refractivity contribution in [2.45, 2.75) is 43.3 Å². The van der Waals surface area contributed by atoms with Gasteiger partial charge in [-0.25, -0.2) is 0 Å². The van der Waals surface area contributed by atoms with E-state index in [-0.39, 0.29) is 0 Å². The molecule has 0 aliphatic carbocycles. The molecule has 1 atom stereocenters. The van der Waals surface area contributed by atoms with Crippen molar-refractivity contribution in [2.24, 2.45) is 0 Å². The highest BCUT2D eigenvalue weighted by Crippen LogP contribution is 2.24. The van der Waals surface area contributed by atoms with E-state index in [2.05, 4.69) is 31.3 Å². The van der Waals surface area contributed by atoms with Gasteiger partial charge in [0.15, 0.2) is 0 Å². The van der Waals surface area contributed by atoms with Gasteiger partial charge >= 0.3 is 0 Å². The minimum atomic E-state index is 0.595. The summed E-state index contributed by atoms with van der Waals surface area (Å²) in [6, 6.07) is 8.07. The predicted molar refractivity (Wildman–Crippen MR) is 79.2 cm³/mol. The third-order valence-electron chi connectivity index (χ3n) is 2.54. The van der Waals surface area contributed by atoms with Gasteiger partial charge in [0.1, 0.15) is 0 Å². The van der Waals surface area contributed by atoms with Crippen molar-refractivity contribution in [1.82, 2.24) is 5.32 Å². The van der Waals surface area contributed by atoms with E-state index in [1.807, 2.05) is 23.9 Å². The lowest BCUT2D eigenvalue weighted by atomic mass is 10.2. The van der Waals surface area contributed by atoms with Gasteiger partial charge in [-0.3, -0.25) is 0 Å². The molecular weight excluding hydrogens is 250 g/mol. The molecule has 0 radical (unpaired) electrons. The molecule has 0 saturated carbocycles. The second-order valence-corrected chi connectivity index (χ2v) is 6.24. The van der Waals surface area contributed by atoms with Crippen LogP contribution in [0.3, 0.4) is 0 Å². The SMILES string of the molecule is CCCCCNCC(C)Sc1ccc(Cl)cc1. The Labute approximate surface area is 114 Å². The number of rotatable bonds is 8. The number of hydrogen-bond donors (Lipinski definition) is 1. The van der Waals surface area contributed by atoms with Crippen LogP contribution < -0.4 is 5.32 Å². The summed E-state index contributed by atoms with van der Waals surface area (Å²) in [7, 11) is 0. The van der Waals surface area contributed by atoms with E-state index in [1.54, 1.807) is 0 Å². The fraction of sp³-hybridized carbons (Fsp3) is 0.571. The zero-order chi connectivity index (χ0) is 12.5. The topological polar surface area (TPSA) is 12.0 Å². The summed E-state index contributed by atoms with van der Waals surface area (Å²) in [5, 5.41) is 4.91. The van der Waals surface area contributed by atoms with Crippen LogP contribution in [0.25, 0.3) is 0 Å². The van der Waals surface area contributed by atoms with E-state index >= 15 is 0 Å². The Hall–Kier alpha value is -0.180. The second-order valence-electron chi connectivity index (χ2n) is 4.29. The van der Waals surface area contributed by atoms with Crippen molar-refractivity contribution in [2.75, 3.05) is 13.1 Å². The van der Waals surface area contributed by atoms with E-state index in [4.69, 9.17) is 11.6 Å². The van der Waals surface area contributed by atoms with Crippen molar-refractivity contribution in [3.05, 3.63) is 29.3 Å². The van der Waals surface area contributed by atoms with Gasteiger partial charge in [-0.05, 0) is 37.2 Å². The molecule has 0 aromatic heterocycles. The first-order valence-corrected chi connectivity index (χ1v) is 7.61. The minimum Gasteiger partial charge on any atom is -0.316 e. The van der Waals surface area contributed by atoms with Crippen LogP contribution in [0, 0.1) is 0 Å². The van der Waals surface area contributed by atoms with Gasteiger partial charge < -0.3 is 5.32 Å². The molecule has 1 aromatic carbocycles. The largest absolute Gasteiger partial charge is 0.316 e. The molecule has 1 unspecified atom stereocenters. The Morgan fingerprint density at radius 1 is 1.24 bits per heavy atom. The van der Waals surface area contributed by atoms with E-state index in [0.29, 0.717) is 5.25 Å². The smallest absolute Gasteiger partial charge is 0.0406 e. The molecule has 0 fully saturated rings. The fourth-order valence-corrected chi connectivity index (χ4v) is 2.68. The van der Waals surface area contributed by atoms with E-state index < -0.39 is 0 Å². The van der Waals surface area contributed by atoms with Gasteiger partial charge in [0.05, 0.1) is 0 Å². The Morgan fingerprint density at radius 2 is 1.94 bits per heavy atom. The lowest BCUT2D eigenvalue weighted by Gasteiger charge is -2.12. The molecule has 1 nitrogen and oxygen atoms in total. The van der Waals surface area contributed by atoms with E-state index in [1.165, 1.54) is 24.2 Å². The molecule has 1 aromatic rings. The quantitative estimate of drug-likeness (QED) is 0.548. The molecule has 0 bridgehead atoms. The maximum Gasteiger partial charge on any atom is 0.0406 e. The molecule has 0 aliphatic rings. The summed E-state index contributed by atoms with van der Waals surface area (Å²) in [5.74, 6) is 0. The molecular formula is C14H22ClNS. The molecule has 1 rings (SSSR count). The highest BCUT2D eigenvalue weighted by atomic mass is 35.5. The van der Waals surface area contributed by atoms with Gasteiger partial charge in [-0.15, -0.1) is 11.8 Å². The lowest BCUT2D eigenvalue weighted by Crippen LogP contribution is -2.23. The molecule has 0 saturated heterocycles. The average Bonchev–Trinajstić information content (AvgIpc) is 2.32. The monoisotopic (exact) mass is 271 g/mol. The summed E-state index contributed by atoms with van der Waals surface area (Å²) < 4.78 is 0. The van der Waals surface area contributed by atoms with Crippen molar-refractivity contribution < 1.29 is 0 Å². The summed E-state index contributed by atoms with van der Waals surface area (Å²) in [6.45, 7) is 6.70. The molecule has 17 heavy (non-hydrogen) atoms. The van der Waals surface area contributed by atoms with Crippen LogP contribution in [0.5, 0.6) is 0 Å². The number of hydrogen-bond acceptors (Lipinski definition) is 2. The van der Waals surface area contributed by atoms with Crippen LogP contribution >= 0.6 is 23.4 Å². The third kappa shape index (κ3) is 6.97. The van der Waals surface area contributed by atoms with Crippen LogP contribution in [-0.4, -0.2) is 18.3 Å². The Morgan fingerprint density at radius 3 is 2.59 bits per heavy atom. The van der Waals surface area contributed by atoms with Crippen LogP contribution in [0.2, 0.25) is 5.02 Å². The molecule has 1 N–H and O–H groups in total. The van der Waals surface area contributed by atoms with Crippen molar-refractivity contribution in [3.8, 4) is 0 Å². The van der Waals surface area contributed by atoms with Gasteiger partial charge in [0, 0.05) is 21.7 Å². The first-order valence-electron chi connectivity index (χ1n) is 6.35. The molecule has 0 heterocycles. The van der Waals surface area contributed by atoms with Crippen LogP contribution in [-0.2, 0) is 0 Å². The van der Waals surface area contributed by atoms with Crippen LogP contribution in [0.15, 0.2) is 29.2 Å². The van der Waals surface area contributed by atoms with Crippen molar-refractivity contribution in [1.29, 1.82) is 0 Å². The summed E-state index contributed by atoms with van der Waals surface area (Å²) in [6.07, 6.45) is 3.90.